The van der Waals surface area contributed by atoms with Crippen LogP contribution in [-0.2, 0) is 6.42 Å². The Morgan fingerprint density at radius 1 is 0.786 bits per heavy atom. The van der Waals surface area contributed by atoms with Crippen molar-refractivity contribution < 1.29 is 0 Å². The number of rotatable bonds is 1. The minimum Gasteiger partial charge on any atom is -0.256 e. The van der Waals surface area contributed by atoms with E-state index in [0.29, 0.717) is 0 Å². The Hall–Kier alpha value is -2.93. The number of aryl methyl sites for hydroxylation is 1. The molecule has 0 unspecified atom stereocenters. The maximum Gasteiger partial charge on any atom is 0.0795 e. The maximum atomic E-state index is 4.89. The van der Waals surface area contributed by atoms with Gasteiger partial charge in [-0.3, -0.25) is 4.98 Å². The van der Waals surface area contributed by atoms with Crippen LogP contribution in [0.4, 0.5) is 0 Å². The predicted molar refractivity (Wildman–Crippen MR) is 120 cm³/mol. The third-order valence-corrected chi connectivity index (χ3v) is 5.67. The van der Waals surface area contributed by atoms with Gasteiger partial charge in [-0.2, -0.15) is 0 Å². The standard InChI is InChI=1S/C27H25N/c1-17-8-7-11-22-20-9-5-6-10-21(20)23-15-18(16-27(2,3)4)14-19-12-13-28-26(24(17)22)25(19)23/h5-15H,16H2,1-4H3. The molecule has 1 aromatic heterocycles. The van der Waals surface area contributed by atoms with Crippen LogP contribution in [0, 0.1) is 12.3 Å². The molecule has 0 saturated carbocycles. The SMILES string of the molecule is Cc1cccc2c1-c1nccc3cc(CC(C)(C)C)cc(c13)-c1ccccc1-2. The average Bonchev–Trinajstić information content (AvgIpc) is 2.77. The van der Waals surface area contributed by atoms with E-state index in [9.17, 15) is 0 Å². The van der Waals surface area contributed by atoms with Crippen molar-refractivity contribution in [3.63, 3.8) is 0 Å². The molecular formula is C27H25N. The average molecular weight is 364 g/mol. The second-order valence-electron chi connectivity index (χ2n) is 9.18. The van der Waals surface area contributed by atoms with Gasteiger partial charge in [-0.05, 0) is 63.6 Å². The van der Waals surface area contributed by atoms with Crippen LogP contribution in [0.3, 0.4) is 0 Å². The first-order valence-electron chi connectivity index (χ1n) is 10.0. The lowest BCUT2D eigenvalue weighted by Gasteiger charge is -2.20. The first-order chi connectivity index (χ1) is 13.4. The Morgan fingerprint density at radius 3 is 2.25 bits per heavy atom. The van der Waals surface area contributed by atoms with Crippen LogP contribution in [-0.4, -0.2) is 4.98 Å². The van der Waals surface area contributed by atoms with E-state index in [1.165, 1.54) is 49.7 Å². The van der Waals surface area contributed by atoms with E-state index in [0.717, 1.165) is 12.1 Å². The fraction of sp³-hybridized carbons (Fsp3) is 0.222. The van der Waals surface area contributed by atoms with E-state index >= 15 is 0 Å². The highest BCUT2D eigenvalue weighted by molar-refractivity contribution is 6.12. The Morgan fingerprint density at radius 2 is 1.50 bits per heavy atom. The summed E-state index contributed by atoms with van der Waals surface area (Å²) >= 11 is 0. The van der Waals surface area contributed by atoms with Gasteiger partial charge in [0.1, 0.15) is 0 Å². The van der Waals surface area contributed by atoms with Crippen molar-refractivity contribution in [1.29, 1.82) is 0 Å². The highest BCUT2D eigenvalue weighted by atomic mass is 14.7. The van der Waals surface area contributed by atoms with Crippen molar-refractivity contribution in [2.24, 2.45) is 5.41 Å². The van der Waals surface area contributed by atoms with Crippen molar-refractivity contribution in [3.05, 3.63) is 78.0 Å². The van der Waals surface area contributed by atoms with Crippen LogP contribution in [0.15, 0.2) is 66.9 Å². The van der Waals surface area contributed by atoms with E-state index in [1.807, 2.05) is 6.20 Å². The van der Waals surface area contributed by atoms with Gasteiger partial charge in [-0.25, -0.2) is 0 Å². The first-order valence-corrected chi connectivity index (χ1v) is 10.0. The first kappa shape index (κ1) is 17.2. The lowest BCUT2D eigenvalue weighted by atomic mass is 9.85. The molecule has 5 rings (SSSR count). The number of aromatic nitrogens is 1. The molecule has 138 valence electrons. The Bertz CT molecular complexity index is 1220. The van der Waals surface area contributed by atoms with Gasteiger partial charge >= 0.3 is 0 Å². The molecule has 0 bridgehead atoms. The van der Waals surface area contributed by atoms with E-state index in [2.05, 4.69) is 88.4 Å². The Balaban J connectivity index is 1.95. The van der Waals surface area contributed by atoms with E-state index in [-0.39, 0.29) is 5.41 Å². The molecule has 0 spiro atoms. The number of fused-ring (bicyclic) bond motifs is 5. The minimum absolute atomic E-state index is 0.250. The van der Waals surface area contributed by atoms with Crippen molar-refractivity contribution >= 4 is 10.8 Å². The summed E-state index contributed by atoms with van der Waals surface area (Å²) in [5, 5.41) is 2.56. The molecule has 0 radical (unpaired) electrons. The molecule has 28 heavy (non-hydrogen) atoms. The molecule has 4 aromatic rings. The second kappa shape index (κ2) is 6.04. The lowest BCUT2D eigenvalue weighted by molar-refractivity contribution is 0.411. The van der Waals surface area contributed by atoms with Crippen LogP contribution in [0.1, 0.15) is 31.9 Å². The van der Waals surface area contributed by atoms with Gasteiger partial charge in [-0.1, -0.05) is 75.4 Å². The summed E-state index contributed by atoms with van der Waals surface area (Å²) in [6.45, 7) is 9.11. The summed E-state index contributed by atoms with van der Waals surface area (Å²) in [5.74, 6) is 0. The van der Waals surface area contributed by atoms with Crippen LogP contribution in [0.25, 0.3) is 44.3 Å². The van der Waals surface area contributed by atoms with Crippen LogP contribution in [0.2, 0.25) is 0 Å². The fourth-order valence-electron chi connectivity index (χ4n) is 4.65. The zero-order valence-corrected chi connectivity index (χ0v) is 17.0. The van der Waals surface area contributed by atoms with Gasteiger partial charge < -0.3 is 0 Å². The summed E-state index contributed by atoms with van der Waals surface area (Å²) in [4.78, 5) is 4.89. The van der Waals surface area contributed by atoms with Gasteiger partial charge in [0.2, 0.25) is 0 Å². The largest absolute Gasteiger partial charge is 0.256 e. The van der Waals surface area contributed by atoms with Gasteiger partial charge in [-0.15, -0.1) is 0 Å². The smallest absolute Gasteiger partial charge is 0.0795 e. The lowest BCUT2D eigenvalue weighted by Crippen LogP contribution is -2.09. The summed E-state index contributed by atoms with van der Waals surface area (Å²) in [6, 6.07) is 22.3. The minimum atomic E-state index is 0.250. The monoisotopic (exact) mass is 363 g/mol. The van der Waals surface area contributed by atoms with Crippen molar-refractivity contribution in [3.8, 4) is 33.5 Å². The molecule has 0 amide bonds. The van der Waals surface area contributed by atoms with Gasteiger partial charge in [0, 0.05) is 17.1 Å². The summed E-state index contributed by atoms with van der Waals surface area (Å²) in [7, 11) is 0. The summed E-state index contributed by atoms with van der Waals surface area (Å²) in [5.41, 5.74) is 10.5. The maximum absolute atomic E-state index is 4.89. The predicted octanol–water partition coefficient (Wildman–Crippen LogP) is 7.45. The molecule has 0 N–H and O–H groups in total. The number of benzene rings is 3. The van der Waals surface area contributed by atoms with Crippen LogP contribution < -0.4 is 0 Å². The van der Waals surface area contributed by atoms with E-state index in [1.54, 1.807) is 0 Å². The topological polar surface area (TPSA) is 12.9 Å². The number of hydrogen-bond donors (Lipinski definition) is 0. The fourth-order valence-corrected chi connectivity index (χ4v) is 4.65. The van der Waals surface area contributed by atoms with Gasteiger partial charge in [0.15, 0.2) is 0 Å². The third-order valence-electron chi connectivity index (χ3n) is 5.67. The highest BCUT2D eigenvalue weighted by Crippen LogP contribution is 2.48. The second-order valence-corrected chi connectivity index (χ2v) is 9.18. The molecule has 1 nitrogen and oxygen atoms in total. The molecular weight excluding hydrogens is 338 g/mol. The van der Waals surface area contributed by atoms with Crippen molar-refractivity contribution in [2.75, 3.05) is 0 Å². The Kier molecular flexibility index (Phi) is 3.71. The molecule has 0 fully saturated rings. The van der Waals surface area contributed by atoms with Gasteiger partial charge in [0.25, 0.3) is 0 Å². The molecule has 1 aliphatic rings. The summed E-state index contributed by atoms with van der Waals surface area (Å²) < 4.78 is 0. The van der Waals surface area contributed by atoms with Crippen LogP contribution in [0.5, 0.6) is 0 Å². The Labute approximate surface area is 167 Å². The van der Waals surface area contributed by atoms with Crippen LogP contribution >= 0.6 is 0 Å². The quantitative estimate of drug-likeness (QED) is 0.301. The zero-order valence-electron chi connectivity index (χ0n) is 17.0. The molecule has 3 aromatic carbocycles. The normalized spacial score (nSPS) is 12.4. The summed E-state index contributed by atoms with van der Waals surface area (Å²) in [6.07, 6.45) is 3.02. The zero-order chi connectivity index (χ0) is 19.5. The van der Waals surface area contributed by atoms with E-state index in [4.69, 9.17) is 4.98 Å². The van der Waals surface area contributed by atoms with Gasteiger partial charge in [0.05, 0.1) is 5.69 Å². The molecule has 0 aliphatic heterocycles. The van der Waals surface area contributed by atoms with Crippen molar-refractivity contribution in [2.45, 2.75) is 34.1 Å². The third kappa shape index (κ3) is 2.65. The number of hydrogen-bond acceptors (Lipinski definition) is 1. The highest BCUT2D eigenvalue weighted by Gasteiger charge is 2.24. The van der Waals surface area contributed by atoms with E-state index < -0.39 is 0 Å². The molecule has 0 saturated heterocycles. The molecule has 1 aliphatic carbocycles. The number of nitrogens with zero attached hydrogens (tertiary/aromatic N) is 1. The van der Waals surface area contributed by atoms with Crippen molar-refractivity contribution in [1.82, 2.24) is 4.98 Å². The molecule has 1 heteroatoms. The molecule has 0 atom stereocenters. The molecule has 1 heterocycles. The number of pyridine rings is 1.